The molecule has 2 aromatic carbocycles. The van der Waals surface area contributed by atoms with Crippen LogP contribution in [0.2, 0.25) is 0 Å². The fourth-order valence-corrected chi connectivity index (χ4v) is 5.43. The summed E-state index contributed by atoms with van der Waals surface area (Å²) in [5, 5.41) is 10.3. The third-order valence-corrected chi connectivity index (χ3v) is 7.20. The third kappa shape index (κ3) is 4.90. The molecule has 2 unspecified atom stereocenters. The molecule has 0 bridgehead atoms. The number of halogens is 1. The average molecular weight is 521 g/mol. The SMILES string of the molecule is CC1CN(S(=O)(=O)c2ccc(C(=O)Nc3nnc(-c4cccc(Br)c4)o3)cc2)CC(C)O1. The second-order valence-electron chi connectivity index (χ2n) is 7.48. The number of ether oxygens (including phenoxy) is 1. The van der Waals surface area contributed by atoms with Crippen LogP contribution in [0.4, 0.5) is 6.01 Å². The van der Waals surface area contributed by atoms with E-state index in [2.05, 4.69) is 31.4 Å². The number of anilines is 1. The van der Waals surface area contributed by atoms with E-state index in [9.17, 15) is 13.2 Å². The van der Waals surface area contributed by atoms with Crippen molar-refractivity contribution in [2.24, 2.45) is 0 Å². The maximum Gasteiger partial charge on any atom is 0.322 e. The van der Waals surface area contributed by atoms with Crippen molar-refractivity contribution in [1.82, 2.24) is 14.5 Å². The second kappa shape index (κ2) is 9.10. The highest BCUT2D eigenvalue weighted by atomic mass is 79.9. The Morgan fingerprint density at radius 1 is 1.09 bits per heavy atom. The highest BCUT2D eigenvalue weighted by Crippen LogP contribution is 2.24. The number of aromatic nitrogens is 2. The number of rotatable bonds is 5. The molecule has 11 heteroatoms. The molecule has 0 radical (unpaired) electrons. The van der Waals surface area contributed by atoms with Crippen LogP contribution in [0.3, 0.4) is 0 Å². The van der Waals surface area contributed by atoms with Crippen molar-refractivity contribution >= 4 is 37.9 Å². The second-order valence-corrected chi connectivity index (χ2v) is 10.3. The van der Waals surface area contributed by atoms with Gasteiger partial charge in [0.1, 0.15) is 0 Å². The van der Waals surface area contributed by atoms with Crippen LogP contribution in [0.1, 0.15) is 24.2 Å². The Morgan fingerprint density at radius 3 is 2.44 bits per heavy atom. The highest BCUT2D eigenvalue weighted by molar-refractivity contribution is 9.10. The molecule has 1 amide bonds. The van der Waals surface area contributed by atoms with Gasteiger partial charge in [0.15, 0.2) is 0 Å². The zero-order valence-corrected chi connectivity index (χ0v) is 19.8. The first-order valence-electron chi connectivity index (χ1n) is 9.89. The fraction of sp³-hybridized carbons (Fsp3) is 0.286. The molecule has 9 nitrogen and oxygen atoms in total. The van der Waals surface area contributed by atoms with E-state index in [1.807, 2.05) is 32.0 Å². The molecular weight excluding hydrogens is 500 g/mol. The predicted molar refractivity (Wildman–Crippen MR) is 121 cm³/mol. The van der Waals surface area contributed by atoms with Crippen LogP contribution in [0.5, 0.6) is 0 Å². The largest absolute Gasteiger partial charge is 0.403 e. The summed E-state index contributed by atoms with van der Waals surface area (Å²) < 4.78 is 39.3. The molecule has 1 N–H and O–H groups in total. The van der Waals surface area contributed by atoms with E-state index >= 15 is 0 Å². The lowest BCUT2D eigenvalue weighted by molar-refractivity contribution is -0.0440. The molecule has 3 aromatic rings. The lowest BCUT2D eigenvalue weighted by atomic mass is 10.2. The van der Waals surface area contributed by atoms with Crippen LogP contribution in [-0.2, 0) is 14.8 Å². The van der Waals surface area contributed by atoms with E-state index in [0.29, 0.717) is 5.56 Å². The minimum atomic E-state index is -3.68. The molecule has 32 heavy (non-hydrogen) atoms. The third-order valence-electron chi connectivity index (χ3n) is 4.86. The average Bonchev–Trinajstić information content (AvgIpc) is 3.21. The van der Waals surface area contributed by atoms with Gasteiger partial charge >= 0.3 is 6.01 Å². The lowest BCUT2D eigenvalue weighted by Gasteiger charge is -2.34. The monoisotopic (exact) mass is 520 g/mol. The highest BCUT2D eigenvalue weighted by Gasteiger charge is 2.32. The zero-order chi connectivity index (χ0) is 22.9. The molecule has 2 heterocycles. The van der Waals surface area contributed by atoms with Crippen molar-refractivity contribution in [2.75, 3.05) is 18.4 Å². The number of benzene rings is 2. The van der Waals surface area contributed by atoms with Gasteiger partial charge in [0.05, 0.1) is 17.1 Å². The maximum absolute atomic E-state index is 12.9. The van der Waals surface area contributed by atoms with Gasteiger partial charge in [0.2, 0.25) is 15.9 Å². The number of nitrogens with zero attached hydrogens (tertiary/aromatic N) is 3. The molecule has 1 fully saturated rings. The van der Waals surface area contributed by atoms with Gasteiger partial charge in [0.25, 0.3) is 5.91 Å². The maximum atomic E-state index is 12.9. The van der Waals surface area contributed by atoms with Crippen molar-refractivity contribution in [2.45, 2.75) is 31.0 Å². The van der Waals surface area contributed by atoms with Gasteiger partial charge in [-0.25, -0.2) is 8.42 Å². The van der Waals surface area contributed by atoms with Crippen LogP contribution in [0.15, 0.2) is 62.3 Å². The number of nitrogens with one attached hydrogen (secondary N) is 1. The Bertz CT molecular complexity index is 1220. The zero-order valence-electron chi connectivity index (χ0n) is 17.4. The Morgan fingerprint density at radius 2 is 1.78 bits per heavy atom. The van der Waals surface area contributed by atoms with Gasteiger partial charge in [-0.1, -0.05) is 27.1 Å². The number of hydrogen-bond acceptors (Lipinski definition) is 7. The number of carbonyl (C=O) groups is 1. The van der Waals surface area contributed by atoms with Crippen molar-refractivity contribution in [3.05, 3.63) is 58.6 Å². The van der Waals surface area contributed by atoms with Crippen LogP contribution < -0.4 is 5.32 Å². The molecule has 1 aliphatic rings. The Hall–Kier alpha value is -2.60. The van der Waals surface area contributed by atoms with E-state index in [0.717, 1.165) is 4.47 Å². The first-order chi connectivity index (χ1) is 15.2. The van der Waals surface area contributed by atoms with Crippen LogP contribution in [0, 0.1) is 0 Å². The van der Waals surface area contributed by atoms with Crippen LogP contribution >= 0.6 is 15.9 Å². The quantitative estimate of drug-likeness (QED) is 0.546. The smallest absolute Gasteiger partial charge is 0.322 e. The van der Waals surface area contributed by atoms with Gasteiger partial charge in [-0.3, -0.25) is 10.1 Å². The molecule has 0 saturated carbocycles. The molecule has 0 aliphatic carbocycles. The van der Waals surface area contributed by atoms with E-state index in [1.165, 1.54) is 28.6 Å². The molecule has 1 aromatic heterocycles. The summed E-state index contributed by atoms with van der Waals surface area (Å²) in [5.41, 5.74) is 0.962. The summed E-state index contributed by atoms with van der Waals surface area (Å²) in [6.45, 7) is 4.25. The fourth-order valence-electron chi connectivity index (χ4n) is 3.44. The Kier molecular flexibility index (Phi) is 6.42. The number of morpholine rings is 1. The standard InChI is InChI=1S/C21H21BrN4O5S/c1-13-11-26(12-14(2)30-13)32(28,29)18-8-6-15(7-9-18)19(27)23-21-25-24-20(31-21)16-4-3-5-17(22)10-16/h3-10,13-14H,11-12H2,1-2H3,(H,23,25,27). The van der Waals surface area contributed by atoms with E-state index in [4.69, 9.17) is 9.15 Å². The minimum Gasteiger partial charge on any atom is -0.403 e. The molecule has 2 atom stereocenters. The Balaban J connectivity index is 1.46. The number of carbonyl (C=O) groups excluding carboxylic acids is 1. The molecular formula is C21H21BrN4O5S. The summed E-state index contributed by atoms with van der Waals surface area (Å²) in [6, 6.07) is 13.0. The summed E-state index contributed by atoms with van der Waals surface area (Å²) in [6.07, 6.45) is -0.371. The Labute approximate surface area is 194 Å². The molecule has 1 aliphatic heterocycles. The normalized spacial score (nSPS) is 19.6. The lowest BCUT2D eigenvalue weighted by Crippen LogP contribution is -2.48. The summed E-state index contributed by atoms with van der Waals surface area (Å²) in [4.78, 5) is 12.7. The van der Waals surface area contributed by atoms with Crippen LogP contribution in [0.25, 0.3) is 11.5 Å². The van der Waals surface area contributed by atoms with E-state index in [1.54, 1.807) is 6.07 Å². The van der Waals surface area contributed by atoms with Crippen molar-refractivity contribution in [3.8, 4) is 11.5 Å². The van der Waals surface area contributed by atoms with Gasteiger partial charge in [-0.05, 0) is 56.3 Å². The first-order valence-corrected chi connectivity index (χ1v) is 12.1. The summed E-state index contributed by atoms with van der Waals surface area (Å²) in [5.74, 6) is -0.232. The number of hydrogen-bond donors (Lipinski definition) is 1. The van der Waals surface area contributed by atoms with E-state index in [-0.39, 0.29) is 47.7 Å². The van der Waals surface area contributed by atoms with E-state index < -0.39 is 15.9 Å². The molecule has 1 saturated heterocycles. The predicted octanol–water partition coefficient (Wildman–Crippen LogP) is 3.55. The summed E-state index contributed by atoms with van der Waals surface area (Å²) in [7, 11) is -3.68. The van der Waals surface area contributed by atoms with Gasteiger partial charge in [-0.15, -0.1) is 5.10 Å². The number of sulfonamides is 1. The molecule has 4 rings (SSSR count). The van der Waals surface area contributed by atoms with Gasteiger partial charge in [0, 0.05) is 28.7 Å². The summed E-state index contributed by atoms with van der Waals surface area (Å²) >= 11 is 3.38. The van der Waals surface area contributed by atoms with Crippen molar-refractivity contribution in [1.29, 1.82) is 0 Å². The van der Waals surface area contributed by atoms with Gasteiger partial charge in [-0.2, -0.15) is 4.31 Å². The van der Waals surface area contributed by atoms with Crippen molar-refractivity contribution < 1.29 is 22.4 Å². The van der Waals surface area contributed by atoms with Crippen LogP contribution in [-0.4, -0.2) is 54.1 Å². The molecule has 168 valence electrons. The topological polar surface area (TPSA) is 115 Å². The number of amides is 1. The first kappa shape index (κ1) is 22.6. The van der Waals surface area contributed by atoms with Gasteiger partial charge < -0.3 is 9.15 Å². The van der Waals surface area contributed by atoms with Crippen molar-refractivity contribution in [3.63, 3.8) is 0 Å². The minimum absolute atomic E-state index is 0.0574. The molecule has 0 spiro atoms.